The molecule has 0 spiro atoms. The van der Waals surface area contributed by atoms with Crippen LogP contribution in [0.2, 0.25) is 0 Å². The van der Waals surface area contributed by atoms with Crippen molar-refractivity contribution in [2.75, 3.05) is 21.0 Å². The molecule has 0 fully saturated rings. The van der Waals surface area contributed by atoms with E-state index in [0.717, 1.165) is 63.6 Å². The predicted octanol–water partition coefficient (Wildman–Crippen LogP) is 5.64. The molecule has 8 nitrogen and oxygen atoms in total. The smallest absolute Gasteiger partial charge is 0.271 e. The summed E-state index contributed by atoms with van der Waals surface area (Å²) in [4.78, 5) is 20.0. The van der Waals surface area contributed by atoms with Crippen LogP contribution >= 0.6 is 11.3 Å². The van der Waals surface area contributed by atoms with Crippen molar-refractivity contribution in [1.82, 2.24) is 4.57 Å². The highest BCUT2D eigenvalue weighted by molar-refractivity contribution is 7.07. The van der Waals surface area contributed by atoms with Crippen molar-refractivity contribution in [3.05, 3.63) is 138 Å². The van der Waals surface area contributed by atoms with Crippen LogP contribution in [-0.2, 0) is 13.0 Å². The van der Waals surface area contributed by atoms with Crippen molar-refractivity contribution in [2.24, 2.45) is 4.99 Å². The molecule has 0 amide bonds. The monoisotopic (exact) mass is 630 g/mol. The van der Waals surface area contributed by atoms with Gasteiger partial charge in [-0.3, -0.25) is 9.36 Å². The molecule has 0 unspecified atom stereocenters. The van der Waals surface area contributed by atoms with Crippen LogP contribution in [0.15, 0.2) is 100 Å². The number of allylic oxidation sites excluding steroid dienone is 1. The zero-order valence-electron chi connectivity index (χ0n) is 25.3. The van der Waals surface area contributed by atoms with Crippen LogP contribution in [-0.4, -0.2) is 25.6 Å². The van der Waals surface area contributed by atoms with Gasteiger partial charge in [-0.05, 0) is 83.6 Å². The SMILES string of the molecule is COc1ccc(OC)c([C@H]2C3=C(N=c4sc(=Cc5ccc(OCc6ccc7c(c6)OCO7)cc5)c(=O)n42)c2ccccc2CC3)c1. The Morgan fingerprint density at radius 3 is 2.59 bits per heavy atom. The maximum absolute atomic E-state index is 14.2. The number of aryl methyl sites for hydroxylation is 1. The van der Waals surface area contributed by atoms with Gasteiger partial charge in [0.2, 0.25) is 6.79 Å². The number of benzene rings is 4. The predicted molar refractivity (Wildman–Crippen MR) is 176 cm³/mol. The van der Waals surface area contributed by atoms with Crippen LogP contribution in [0.5, 0.6) is 28.7 Å². The molecule has 4 aromatic carbocycles. The van der Waals surface area contributed by atoms with Gasteiger partial charge in [0.25, 0.3) is 5.56 Å². The second kappa shape index (κ2) is 11.6. The van der Waals surface area contributed by atoms with Crippen LogP contribution in [0.3, 0.4) is 0 Å². The van der Waals surface area contributed by atoms with Crippen LogP contribution < -0.4 is 38.6 Å². The number of rotatable bonds is 7. The summed E-state index contributed by atoms with van der Waals surface area (Å²) in [5.74, 6) is 3.61. The minimum Gasteiger partial charge on any atom is -0.497 e. The Hall–Kier alpha value is -5.28. The molecule has 5 aromatic rings. The number of aromatic nitrogens is 1. The summed E-state index contributed by atoms with van der Waals surface area (Å²) < 4.78 is 30.7. The fraction of sp³-hybridized carbons (Fsp3) is 0.189. The van der Waals surface area contributed by atoms with Crippen molar-refractivity contribution in [3.63, 3.8) is 0 Å². The summed E-state index contributed by atoms with van der Waals surface area (Å²) >= 11 is 1.40. The first-order valence-corrected chi connectivity index (χ1v) is 15.9. The Kier molecular flexibility index (Phi) is 7.10. The van der Waals surface area contributed by atoms with E-state index in [0.29, 0.717) is 27.4 Å². The summed E-state index contributed by atoms with van der Waals surface area (Å²) in [6.45, 7) is 0.640. The van der Waals surface area contributed by atoms with Gasteiger partial charge in [0, 0.05) is 11.1 Å². The first-order chi connectivity index (χ1) is 22.6. The highest BCUT2D eigenvalue weighted by Gasteiger charge is 2.34. The molecule has 3 heterocycles. The van der Waals surface area contributed by atoms with Crippen molar-refractivity contribution >= 4 is 23.1 Å². The van der Waals surface area contributed by atoms with E-state index in [2.05, 4.69) is 18.2 Å². The lowest BCUT2D eigenvalue weighted by Gasteiger charge is -2.31. The van der Waals surface area contributed by atoms with Gasteiger partial charge >= 0.3 is 0 Å². The normalized spacial score (nSPS) is 16.3. The van der Waals surface area contributed by atoms with Gasteiger partial charge in [0.1, 0.15) is 23.9 Å². The molecule has 8 rings (SSSR count). The lowest BCUT2D eigenvalue weighted by atomic mass is 9.83. The van der Waals surface area contributed by atoms with E-state index in [4.69, 9.17) is 28.7 Å². The number of fused-ring (bicyclic) bond motifs is 4. The minimum atomic E-state index is -0.376. The standard InChI is InChI=1S/C37H30N2O6S/c1-41-26-13-16-30(42-2)29(19-26)35-28-14-10-24-5-3-4-6-27(24)34(28)38-37-39(35)36(40)33(46-37)18-22-7-11-25(12-8-22)43-20-23-9-15-31-32(17-23)45-21-44-31/h3-9,11-13,15-19,35H,10,14,20-21H2,1-2H3/t35-/m1/s1. The summed E-state index contributed by atoms with van der Waals surface area (Å²) in [6.07, 6.45) is 3.58. The average Bonchev–Trinajstić information content (AvgIpc) is 3.70. The van der Waals surface area contributed by atoms with Gasteiger partial charge in [0.05, 0.1) is 30.5 Å². The van der Waals surface area contributed by atoms with Gasteiger partial charge < -0.3 is 23.7 Å². The molecule has 0 saturated heterocycles. The van der Waals surface area contributed by atoms with E-state index in [1.54, 1.807) is 14.2 Å². The molecular formula is C37H30N2O6S. The first-order valence-electron chi connectivity index (χ1n) is 15.1. The maximum Gasteiger partial charge on any atom is 0.271 e. The summed E-state index contributed by atoms with van der Waals surface area (Å²) in [5.41, 5.74) is 7.09. The Bertz CT molecular complexity index is 2200. The third-order valence-electron chi connectivity index (χ3n) is 8.62. The van der Waals surface area contributed by atoms with Crippen molar-refractivity contribution in [3.8, 4) is 28.7 Å². The molecule has 0 bridgehead atoms. The maximum atomic E-state index is 14.2. The van der Waals surface area contributed by atoms with Crippen molar-refractivity contribution in [2.45, 2.75) is 25.5 Å². The van der Waals surface area contributed by atoms with Gasteiger partial charge in [-0.25, -0.2) is 4.99 Å². The molecule has 1 aromatic heterocycles. The summed E-state index contributed by atoms with van der Waals surface area (Å²) in [7, 11) is 3.30. The minimum absolute atomic E-state index is 0.0906. The van der Waals surface area contributed by atoms with Gasteiger partial charge in [-0.1, -0.05) is 53.8 Å². The topological polar surface area (TPSA) is 80.5 Å². The molecular weight excluding hydrogens is 600 g/mol. The van der Waals surface area contributed by atoms with Crippen LogP contribution in [0.1, 0.15) is 40.3 Å². The molecule has 2 aliphatic heterocycles. The molecule has 3 aliphatic rings. The van der Waals surface area contributed by atoms with E-state index in [-0.39, 0.29) is 18.4 Å². The highest BCUT2D eigenvalue weighted by Crippen LogP contribution is 2.44. The van der Waals surface area contributed by atoms with Crippen molar-refractivity contribution < 1.29 is 23.7 Å². The Balaban J connectivity index is 1.17. The first kappa shape index (κ1) is 28.2. The number of hydrogen-bond acceptors (Lipinski definition) is 8. The van der Waals surface area contributed by atoms with Crippen LogP contribution in [0, 0.1) is 0 Å². The van der Waals surface area contributed by atoms with E-state index in [1.165, 1.54) is 16.9 Å². The highest BCUT2D eigenvalue weighted by atomic mass is 32.1. The Morgan fingerprint density at radius 1 is 0.913 bits per heavy atom. The average molecular weight is 631 g/mol. The molecule has 1 aliphatic carbocycles. The second-order valence-electron chi connectivity index (χ2n) is 11.3. The van der Waals surface area contributed by atoms with E-state index >= 15 is 0 Å². The zero-order valence-corrected chi connectivity index (χ0v) is 26.1. The zero-order chi connectivity index (χ0) is 31.2. The lowest BCUT2D eigenvalue weighted by molar-refractivity contribution is 0.174. The van der Waals surface area contributed by atoms with Gasteiger partial charge in [-0.2, -0.15) is 0 Å². The molecule has 0 saturated carbocycles. The number of ether oxygens (including phenoxy) is 5. The molecule has 9 heteroatoms. The van der Waals surface area contributed by atoms with Gasteiger partial charge in [-0.15, -0.1) is 0 Å². The fourth-order valence-corrected chi connectivity index (χ4v) is 7.36. The molecule has 230 valence electrons. The van der Waals surface area contributed by atoms with E-state index in [1.807, 2.05) is 77.4 Å². The number of hydrogen-bond donors (Lipinski definition) is 0. The van der Waals surface area contributed by atoms with Crippen LogP contribution in [0.25, 0.3) is 11.8 Å². The Labute approximate surface area is 269 Å². The molecule has 1 atom stereocenters. The summed E-state index contributed by atoms with van der Waals surface area (Å²) in [5, 5.41) is 0. The fourth-order valence-electron chi connectivity index (χ4n) is 6.36. The van der Waals surface area contributed by atoms with Crippen LogP contribution in [0.4, 0.5) is 0 Å². The number of nitrogens with zero attached hydrogens (tertiary/aromatic N) is 2. The van der Waals surface area contributed by atoms with E-state index < -0.39 is 0 Å². The summed E-state index contributed by atoms with van der Waals surface area (Å²) in [6, 6.07) is 27.3. The third-order valence-corrected chi connectivity index (χ3v) is 9.61. The lowest BCUT2D eigenvalue weighted by Crippen LogP contribution is -2.39. The quantitative estimate of drug-likeness (QED) is 0.232. The molecule has 0 radical (unpaired) electrons. The largest absolute Gasteiger partial charge is 0.497 e. The van der Waals surface area contributed by atoms with E-state index in [9.17, 15) is 4.79 Å². The number of methoxy groups -OCH3 is 2. The van der Waals surface area contributed by atoms with Gasteiger partial charge in [0.15, 0.2) is 16.3 Å². The Morgan fingerprint density at radius 2 is 1.74 bits per heavy atom. The third kappa shape index (κ3) is 4.93. The molecule has 46 heavy (non-hydrogen) atoms. The number of thiazole rings is 1. The second-order valence-corrected chi connectivity index (χ2v) is 12.3. The van der Waals surface area contributed by atoms with Crippen molar-refractivity contribution in [1.29, 1.82) is 0 Å². The molecule has 0 N–H and O–H groups in total.